The van der Waals surface area contributed by atoms with Gasteiger partial charge in [-0.1, -0.05) is 17.7 Å². The van der Waals surface area contributed by atoms with Gasteiger partial charge in [0, 0.05) is 32.1 Å². The molecule has 2 heterocycles. The van der Waals surface area contributed by atoms with Crippen molar-refractivity contribution in [1.29, 1.82) is 0 Å². The second-order valence-electron chi connectivity index (χ2n) is 3.96. The molecular weight excluding hydrogens is 264 g/mol. The SMILES string of the molecule is COCc1nc(Cl)cc(NCCc2cccnc2)n1. The highest BCUT2D eigenvalue weighted by Crippen LogP contribution is 2.12. The summed E-state index contributed by atoms with van der Waals surface area (Å²) < 4.78 is 4.99. The second kappa shape index (κ2) is 7.01. The first-order valence-electron chi connectivity index (χ1n) is 5.93. The van der Waals surface area contributed by atoms with Crippen molar-refractivity contribution in [3.05, 3.63) is 47.1 Å². The molecule has 0 radical (unpaired) electrons. The summed E-state index contributed by atoms with van der Waals surface area (Å²) in [6.07, 6.45) is 4.48. The fraction of sp³-hybridized carbons (Fsp3) is 0.308. The van der Waals surface area contributed by atoms with Crippen molar-refractivity contribution in [2.45, 2.75) is 13.0 Å². The van der Waals surface area contributed by atoms with Crippen LogP contribution in [0.4, 0.5) is 5.82 Å². The van der Waals surface area contributed by atoms with E-state index in [9.17, 15) is 0 Å². The Hall–Kier alpha value is -1.72. The van der Waals surface area contributed by atoms with Gasteiger partial charge >= 0.3 is 0 Å². The van der Waals surface area contributed by atoms with Crippen molar-refractivity contribution >= 4 is 17.4 Å². The van der Waals surface area contributed by atoms with Crippen LogP contribution in [0.15, 0.2) is 30.6 Å². The van der Waals surface area contributed by atoms with Crippen molar-refractivity contribution in [3.63, 3.8) is 0 Å². The maximum Gasteiger partial charge on any atom is 0.158 e. The van der Waals surface area contributed by atoms with E-state index in [0.717, 1.165) is 13.0 Å². The summed E-state index contributed by atoms with van der Waals surface area (Å²) in [6.45, 7) is 1.10. The quantitative estimate of drug-likeness (QED) is 0.822. The van der Waals surface area contributed by atoms with E-state index in [4.69, 9.17) is 16.3 Å². The Morgan fingerprint density at radius 2 is 2.26 bits per heavy atom. The molecule has 2 rings (SSSR count). The second-order valence-corrected chi connectivity index (χ2v) is 4.35. The number of nitrogens with one attached hydrogen (secondary N) is 1. The molecule has 2 aromatic rings. The molecule has 19 heavy (non-hydrogen) atoms. The van der Waals surface area contributed by atoms with Gasteiger partial charge in [0.2, 0.25) is 0 Å². The molecule has 1 N–H and O–H groups in total. The minimum atomic E-state index is 0.345. The van der Waals surface area contributed by atoms with E-state index in [1.807, 2.05) is 18.3 Å². The molecule has 6 heteroatoms. The van der Waals surface area contributed by atoms with Crippen LogP contribution in [0.1, 0.15) is 11.4 Å². The zero-order chi connectivity index (χ0) is 13.5. The highest BCUT2D eigenvalue weighted by atomic mass is 35.5. The van der Waals surface area contributed by atoms with E-state index < -0.39 is 0 Å². The Morgan fingerprint density at radius 3 is 3.00 bits per heavy atom. The van der Waals surface area contributed by atoms with Crippen LogP contribution in [0.2, 0.25) is 5.15 Å². The predicted molar refractivity (Wildman–Crippen MR) is 74.2 cm³/mol. The summed E-state index contributed by atoms with van der Waals surface area (Å²) in [4.78, 5) is 12.4. The third-order valence-electron chi connectivity index (χ3n) is 2.46. The van der Waals surface area contributed by atoms with E-state index in [0.29, 0.717) is 23.4 Å². The molecule has 100 valence electrons. The first-order valence-corrected chi connectivity index (χ1v) is 6.31. The lowest BCUT2D eigenvalue weighted by molar-refractivity contribution is 0.178. The third-order valence-corrected chi connectivity index (χ3v) is 2.65. The molecule has 0 saturated heterocycles. The molecule has 0 amide bonds. The number of hydrogen-bond donors (Lipinski definition) is 1. The Labute approximate surface area is 117 Å². The van der Waals surface area contributed by atoms with Crippen LogP contribution >= 0.6 is 11.6 Å². The van der Waals surface area contributed by atoms with Crippen LogP contribution in [-0.2, 0) is 17.8 Å². The van der Waals surface area contributed by atoms with E-state index in [2.05, 4.69) is 20.3 Å². The van der Waals surface area contributed by atoms with Crippen LogP contribution in [0.3, 0.4) is 0 Å². The molecule has 0 spiro atoms. The first-order chi connectivity index (χ1) is 9.28. The third kappa shape index (κ3) is 4.46. The lowest BCUT2D eigenvalue weighted by Gasteiger charge is -2.07. The van der Waals surface area contributed by atoms with Crippen molar-refractivity contribution in [2.24, 2.45) is 0 Å². The zero-order valence-corrected chi connectivity index (χ0v) is 11.4. The number of halogens is 1. The first kappa shape index (κ1) is 13.7. The molecule has 0 atom stereocenters. The molecule has 5 nitrogen and oxygen atoms in total. The standard InChI is InChI=1S/C13H15ClN4O/c1-19-9-13-17-11(14)7-12(18-13)16-6-4-10-3-2-5-15-8-10/h2-3,5,7-8H,4,6,9H2,1H3,(H,16,17,18). The number of rotatable bonds is 6. The van der Waals surface area contributed by atoms with Crippen molar-refractivity contribution in [2.75, 3.05) is 19.0 Å². The number of methoxy groups -OCH3 is 1. The fourth-order valence-corrected chi connectivity index (χ4v) is 1.83. The smallest absolute Gasteiger partial charge is 0.158 e. The van der Waals surface area contributed by atoms with Gasteiger partial charge in [0.25, 0.3) is 0 Å². The maximum absolute atomic E-state index is 5.93. The summed E-state index contributed by atoms with van der Waals surface area (Å²) in [5.41, 5.74) is 1.17. The molecule has 0 aliphatic carbocycles. The number of pyridine rings is 1. The lowest BCUT2D eigenvalue weighted by Crippen LogP contribution is -2.08. The van der Waals surface area contributed by atoms with Gasteiger partial charge in [0.05, 0.1) is 0 Å². The van der Waals surface area contributed by atoms with Crippen molar-refractivity contribution in [3.8, 4) is 0 Å². The van der Waals surface area contributed by atoms with Crippen LogP contribution in [0.5, 0.6) is 0 Å². The van der Waals surface area contributed by atoms with Crippen LogP contribution in [0.25, 0.3) is 0 Å². The molecule has 0 aromatic carbocycles. The molecule has 0 aliphatic rings. The average molecular weight is 279 g/mol. The minimum Gasteiger partial charge on any atom is -0.377 e. The molecule has 0 aliphatic heterocycles. The predicted octanol–water partition coefficient (Wildman–Crippen LogP) is 2.33. The monoisotopic (exact) mass is 278 g/mol. The van der Waals surface area contributed by atoms with Gasteiger partial charge in [-0.05, 0) is 18.1 Å². The summed E-state index contributed by atoms with van der Waals surface area (Å²) in [7, 11) is 1.60. The molecule has 0 bridgehead atoms. The normalized spacial score (nSPS) is 10.4. The number of ether oxygens (including phenoxy) is 1. The molecule has 0 fully saturated rings. The summed E-state index contributed by atoms with van der Waals surface area (Å²) in [5, 5.41) is 3.62. The van der Waals surface area contributed by atoms with Gasteiger partial charge in [-0.3, -0.25) is 4.98 Å². The highest BCUT2D eigenvalue weighted by Gasteiger charge is 2.03. The zero-order valence-electron chi connectivity index (χ0n) is 10.6. The summed E-state index contributed by atoms with van der Waals surface area (Å²) >= 11 is 5.93. The van der Waals surface area contributed by atoms with E-state index in [-0.39, 0.29) is 0 Å². The fourth-order valence-electron chi connectivity index (χ4n) is 1.63. The van der Waals surface area contributed by atoms with Gasteiger partial charge in [-0.25, -0.2) is 9.97 Å². The van der Waals surface area contributed by atoms with Gasteiger partial charge < -0.3 is 10.1 Å². The van der Waals surface area contributed by atoms with Gasteiger partial charge in [-0.2, -0.15) is 0 Å². The lowest BCUT2D eigenvalue weighted by atomic mass is 10.2. The van der Waals surface area contributed by atoms with Crippen molar-refractivity contribution in [1.82, 2.24) is 15.0 Å². The molecule has 2 aromatic heterocycles. The van der Waals surface area contributed by atoms with Crippen molar-refractivity contribution < 1.29 is 4.74 Å². The van der Waals surface area contributed by atoms with E-state index in [1.165, 1.54) is 5.56 Å². The number of aromatic nitrogens is 3. The topological polar surface area (TPSA) is 59.9 Å². The van der Waals surface area contributed by atoms with E-state index in [1.54, 1.807) is 19.4 Å². The van der Waals surface area contributed by atoms with Gasteiger partial charge in [0.1, 0.15) is 17.6 Å². The van der Waals surface area contributed by atoms with Gasteiger partial charge in [-0.15, -0.1) is 0 Å². The maximum atomic E-state index is 5.93. The minimum absolute atomic E-state index is 0.345. The number of hydrogen-bond acceptors (Lipinski definition) is 5. The number of nitrogens with zero attached hydrogens (tertiary/aromatic N) is 3. The largest absolute Gasteiger partial charge is 0.377 e. The summed E-state index contributed by atoms with van der Waals surface area (Å²) in [5.74, 6) is 1.27. The van der Waals surface area contributed by atoms with Crippen LogP contribution in [-0.4, -0.2) is 28.6 Å². The van der Waals surface area contributed by atoms with Gasteiger partial charge in [0.15, 0.2) is 5.82 Å². The Morgan fingerprint density at radius 1 is 1.37 bits per heavy atom. The summed E-state index contributed by atoms with van der Waals surface area (Å²) in [6, 6.07) is 5.66. The molecule has 0 saturated carbocycles. The van der Waals surface area contributed by atoms with Crippen LogP contribution in [0, 0.1) is 0 Å². The Balaban J connectivity index is 1.92. The van der Waals surface area contributed by atoms with Crippen LogP contribution < -0.4 is 5.32 Å². The Bertz CT molecular complexity index is 521. The Kier molecular flexibility index (Phi) is 5.06. The van der Waals surface area contributed by atoms with E-state index >= 15 is 0 Å². The molecule has 0 unspecified atom stereocenters. The average Bonchev–Trinajstić information content (AvgIpc) is 2.40. The highest BCUT2D eigenvalue weighted by molar-refractivity contribution is 6.29. The number of anilines is 1. The molecular formula is C13H15ClN4O.